The van der Waals surface area contributed by atoms with Crippen LogP contribution in [-0.2, 0) is 9.53 Å². The number of methoxy groups -OCH3 is 1. The van der Waals surface area contributed by atoms with Crippen molar-refractivity contribution in [3.63, 3.8) is 0 Å². The maximum atomic E-state index is 13.0. The molecule has 0 fully saturated rings. The van der Waals surface area contributed by atoms with Crippen molar-refractivity contribution in [3.05, 3.63) is 76.6 Å². The third-order valence-corrected chi connectivity index (χ3v) is 4.92. The van der Waals surface area contributed by atoms with E-state index < -0.39 is 17.8 Å². The second kappa shape index (κ2) is 7.66. The molecule has 0 aromatic heterocycles. The number of aliphatic hydroxyl groups is 1. The molecule has 0 bridgehead atoms. The van der Waals surface area contributed by atoms with Crippen molar-refractivity contribution in [2.45, 2.75) is 19.8 Å². The Kier molecular flexibility index (Phi) is 5.31. The van der Waals surface area contributed by atoms with Crippen molar-refractivity contribution < 1.29 is 24.2 Å². The number of ether oxygens (including phenoxy) is 2. The van der Waals surface area contributed by atoms with Crippen LogP contribution in [0.3, 0.4) is 0 Å². The first-order valence-corrected chi connectivity index (χ1v) is 8.82. The molecule has 0 amide bonds. The Balaban J connectivity index is 2.31. The van der Waals surface area contributed by atoms with E-state index in [0.717, 1.165) is 17.4 Å². The van der Waals surface area contributed by atoms with Gasteiger partial charge in [-0.3, -0.25) is 9.59 Å². The van der Waals surface area contributed by atoms with E-state index in [9.17, 15) is 14.7 Å². The first kappa shape index (κ1) is 18.7. The minimum absolute atomic E-state index is 0.0411. The lowest BCUT2D eigenvalue weighted by molar-refractivity contribution is -0.147. The fourth-order valence-corrected chi connectivity index (χ4v) is 3.70. The van der Waals surface area contributed by atoms with Crippen LogP contribution in [0.5, 0.6) is 5.75 Å². The van der Waals surface area contributed by atoms with Crippen LogP contribution in [0, 0.1) is 12.8 Å². The Morgan fingerprint density at radius 1 is 1.22 bits per heavy atom. The molecule has 2 aromatic rings. The number of carbonyl (C=O) groups is 2. The van der Waals surface area contributed by atoms with E-state index in [0.29, 0.717) is 16.9 Å². The molecule has 2 aromatic carbocycles. The van der Waals surface area contributed by atoms with Crippen LogP contribution in [0.2, 0.25) is 0 Å². The van der Waals surface area contributed by atoms with Gasteiger partial charge in [-0.1, -0.05) is 30.3 Å². The fourth-order valence-electron chi connectivity index (χ4n) is 3.70. The standard InChI is InChI=1S/C22H22O5/c1-4-27-22(25)20-17(12-23)21(24)16-10-13(2)18(26-3)11-15(16)19(20)14-8-6-5-7-9-14/h5-12,19-20,23H,4H2,1-3H3/b17-12+/t19-,20-/m1/s1. The summed E-state index contributed by atoms with van der Waals surface area (Å²) in [5, 5.41) is 9.79. The van der Waals surface area contributed by atoms with Gasteiger partial charge in [-0.2, -0.15) is 0 Å². The van der Waals surface area contributed by atoms with Crippen molar-refractivity contribution in [1.82, 2.24) is 0 Å². The molecule has 0 aliphatic heterocycles. The number of carbonyl (C=O) groups excluding carboxylic acids is 2. The van der Waals surface area contributed by atoms with Crippen LogP contribution < -0.4 is 4.74 Å². The highest BCUT2D eigenvalue weighted by Crippen LogP contribution is 2.45. The van der Waals surface area contributed by atoms with Crippen LogP contribution in [0.15, 0.2) is 54.3 Å². The molecule has 0 saturated heterocycles. The Labute approximate surface area is 158 Å². The molecule has 0 heterocycles. The third kappa shape index (κ3) is 3.21. The number of aryl methyl sites for hydroxylation is 1. The van der Waals surface area contributed by atoms with Gasteiger partial charge < -0.3 is 14.6 Å². The number of benzene rings is 2. The summed E-state index contributed by atoms with van der Waals surface area (Å²) in [4.78, 5) is 25.8. The van der Waals surface area contributed by atoms with Gasteiger partial charge in [0.15, 0.2) is 5.78 Å². The molecule has 27 heavy (non-hydrogen) atoms. The average molecular weight is 366 g/mol. The maximum absolute atomic E-state index is 13.0. The second-order valence-corrected chi connectivity index (χ2v) is 6.44. The molecule has 1 aliphatic carbocycles. The number of ketones is 1. The molecule has 0 radical (unpaired) electrons. The fraction of sp³-hybridized carbons (Fsp3) is 0.273. The Morgan fingerprint density at radius 3 is 2.52 bits per heavy atom. The van der Waals surface area contributed by atoms with Gasteiger partial charge in [-0.05, 0) is 42.7 Å². The van der Waals surface area contributed by atoms with Gasteiger partial charge in [-0.25, -0.2) is 0 Å². The summed E-state index contributed by atoms with van der Waals surface area (Å²) < 4.78 is 10.7. The van der Waals surface area contributed by atoms with Gasteiger partial charge in [0.1, 0.15) is 5.75 Å². The van der Waals surface area contributed by atoms with Gasteiger partial charge in [-0.15, -0.1) is 0 Å². The third-order valence-electron chi connectivity index (χ3n) is 4.92. The smallest absolute Gasteiger partial charge is 0.314 e. The van der Waals surface area contributed by atoms with Crippen LogP contribution in [-0.4, -0.2) is 30.6 Å². The topological polar surface area (TPSA) is 72.8 Å². The normalized spacial score (nSPS) is 20.3. The van der Waals surface area contributed by atoms with Crippen molar-refractivity contribution in [2.75, 3.05) is 13.7 Å². The van der Waals surface area contributed by atoms with Gasteiger partial charge >= 0.3 is 5.97 Å². The molecule has 5 nitrogen and oxygen atoms in total. The van der Waals surface area contributed by atoms with E-state index in [2.05, 4.69) is 0 Å². The number of esters is 1. The molecule has 0 saturated carbocycles. The highest BCUT2D eigenvalue weighted by Gasteiger charge is 2.44. The molecule has 2 atom stereocenters. The molecule has 0 spiro atoms. The summed E-state index contributed by atoms with van der Waals surface area (Å²) in [6, 6.07) is 13.0. The highest BCUT2D eigenvalue weighted by molar-refractivity contribution is 6.14. The highest BCUT2D eigenvalue weighted by atomic mass is 16.5. The molecular formula is C22H22O5. The quantitative estimate of drug-likeness (QED) is 0.504. The van der Waals surface area contributed by atoms with Crippen molar-refractivity contribution in [3.8, 4) is 5.75 Å². The molecule has 3 rings (SSSR count). The molecule has 140 valence electrons. The van der Waals surface area contributed by atoms with E-state index in [1.165, 1.54) is 0 Å². The number of hydrogen-bond acceptors (Lipinski definition) is 5. The molecule has 0 unspecified atom stereocenters. The zero-order valence-corrected chi connectivity index (χ0v) is 15.6. The van der Waals surface area contributed by atoms with E-state index >= 15 is 0 Å². The zero-order valence-electron chi connectivity index (χ0n) is 15.6. The summed E-state index contributed by atoms with van der Waals surface area (Å²) in [5.41, 5.74) is 2.86. The zero-order chi connectivity index (χ0) is 19.6. The van der Waals surface area contributed by atoms with Crippen molar-refractivity contribution in [1.29, 1.82) is 0 Å². The lowest BCUT2D eigenvalue weighted by atomic mass is 9.68. The van der Waals surface area contributed by atoms with E-state index in [-0.39, 0.29) is 18.0 Å². The maximum Gasteiger partial charge on any atom is 0.314 e. The number of rotatable bonds is 4. The second-order valence-electron chi connectivity index (χ2n) is 6.44. The Bertz CT molecular complexity index is 898. The summed E-state index contributed by atoms with van der Waals surface area (Å²) in [6.45, 7) is 3.75. The SMILES string of the molecule is CCOC(=O)[C@@H]1/C(=C\O)C(=O)c2cc(C)c(OC)cc2[C@H]1c1ccccc1. The van der Waals surface area contributed by atoms with E-state index in [4.69, 9.17) is 9.47 Å². The first-order valence-electron chi connectivity index (χ1n) is 8.82. The number of fused-ring (bicyclic) bond motifs is 1. The minimum atomic E-state index is -0.926. The number of Topliss-reactive ketones (excluding diaryl/α,β-unsaturated/α-hetero) is 1. The lowest BCUT2D eigenvalue weighted by Gasteiger charge is -2.33. The minimum Gasteiger partial charge on any atom is -0.515 e. The predicted molar refractivity (Wildman–Crippen MR) is 101 cm³/mol. The van der Waals surface area contributed by atoms with E-state index in [1.807, 2.05) is 37.3 Å². The molecule has 1 N–H and O–H groups in total. The Morgan fingerprint density at radius 2 is 1.93 bits per heavy atom. The van der Waals surface area contributed by atoms with Gasteiger partial charge in [0.05, 0.1) is 25.9 Å². The Hall–Kier alpha value is -3.08. The van der Waals surface area contributed by atoms with Crippen molar-refractivity contribution in [2.24, 2.45) is 5.92 Å². The summed E-state index contributed by atoms with van der Waals surface area (Å²) >= 11 is 0. The van der Waals surface area contributed by atoms with Gasteiger partial charge in [0, 0.05) is 17.1 Å². The number of hydrogen-bond donors (Lipinski definition) is 1. The largest absolute Gasteiger partial charge is 0.515 e. The van der Waals surface area contributed by atoms with Crippen LogP contribution in [0.1, 0.15) is 39.9 Å². The first-order chi connectivity index (χ1) is 13.0. The monoisotopic (exact) mass is 366 g/mol. The van der Waals surface area contributed by atoms with Gasteiger partial charge in [0.2, 0.25) is 0 Å². The van der Waals surface area contributed by atoms with Crippen LogP contribution >= 0.6 is 0 Å². The summed E-state index contributed by atoms with van der Waals surface area (Å²) in [5.74, 6) is -1.66. The summed E-state index contributed by atoms with van der Waals surface area (Å²) in [6.07, 6.45) is 0.738. The van der Waals surface area contributed by atoms with Crippen LogP contribution in [0.25, 0.3) is 0 Å². The van der Waals surface area contributed by atoms with Crippen molar-refractivity contribution >= 4 is 11.8 Å². The lowest BCUT2D eigenvalue weighted by Crippen LogP contribution is -2.35. The molecular weight excluding hydrogens is 344 g/mol. The molecule has 1 aliphatic rings. The van der Waals surface area contributed by atoms with Gasteiger partial charge in [0.25, 0.3) is 0 Å². The number of aliphatic hydroxyl groups excluding tert-OH is 1. The average Bonchev–Trinajstić information content (AvgIpc) is 2.68. The summed E-state index contributed by atoms with van der Waals surface area (Å²) in [7, 11) is 1.57. The van der Waals surface area contributed by atoms with E-state index in [1.54, 1.807) is 26.2 Å². The predicted octanol–water partition coefficient (Wildman–Crippen LogP) is 3.95. The molecule has 5 heteroatoms. The van der Waals surface area contributed by atoms with Crippen LogP contribution in [0.4, 0.5) is 0 Å².